The highest BCUT2D eigenvalue weighted by Crippen LogP contribution is 2.22. The fourth-order valence-corrected chi connectivity index (χ4v) is 3.49. The van der Waals surface area contributed by atoms with Gasteiger partial charge in [0.1, 0.15) is 6.33 Å². The molecular weight excluding hydrogens is 386 g/mol. The molecule has 4 rings (SSSR count). The van der Waals surface area contributed by atoms with E-state index in [1.54, 1.807) is 36.0 Å². The average molecular weight is 407 g/mol. The van der Waals surface area contributed by atoms with E-state index in [9.17, 15) is 9.59 Å². The quantitative estimate of drug-likeness (QED) is 0.520. The van der Waals surface area contributed by atoms with Gasteiger partial charge in [-0.1, -0.05) is 30.0 Å². The Morgan fingerprint density at radius 3 is 2.55 bits per heavy atom. The van der Waals surface area contributed by atoms with E-state index in [-0.39, 0.29) is 11.8 Å². The first-order chi connectivity index (χ1) is 14.1. The number of hydrogen-bond acceptors (Lipinski definition) is 5. The highest BCUT2D eigenvalue weighted by Gasteiger charge is 2.24. The minimum atomic E-state index is -0.206. The molecule has 0 atom stereocenters. The maximum absolute atomic E-state index is 12.7. The summed E-state index contributed by atoms with van der Waals surface area (Å²) in [6.45, 7) is 1.90. The Morgan fingerprint density at radius 1 is 1.10 bits per heavy atom. The first-order valence-electron chi connectivity index (χ1n) is 9.38. The molecule has 7 nitrogen and oxygen atoms in total. The molecule has 1 heterocycles. The zero-order valence-corrected chi connectivity index (χ0v) is 16.8. The Morgan fingerprint density at radius 2 is 1.86 bits per heavy atom. The first kappa shape index (κ1) is 19.2. The van der Waals surface area contributed by atoms with Crippen LogP contribution in [0.25, 0.3) is 0 Å². The molecule has 1 aliphatic rings. The molecule has 1 fully saturated rings. The second-order valence-electron chi connectivity index (χ2n) is 7.01. The van der Waals surface area contributed by atoms with Gasteiger partial charge in [-0.15, -0.1) is 0 Å². The molecule has 8 heteroatoms. The number of nitrogens with zero attached hydrogens (tertiary/aromatic N) is 2. The number of nitrogens with one attached hydrogen (secondary N) is 3. The summed E-state index contributed by atoms with van der Waals surface area (Å²) < 4.78 is 0. The Bertz CT molecular complexity index is 1010. The lowest BCUT2D eigenvalue weighted by Crippen LogP contribution is -2.25. The average Bonchev–Trinajstić information content (AvgIpc) is 3.38. The van der Waals surface area contributed by atoms with E-state index in [2.05, 4.69) is 25.8 Å². The van der Waals surface area contributed by atoms with Crippen LogP contribution < -0.4 is 10.6 Å². The van der Waals surface area contributed by atoms with Gasteiger partial charge in [0, 0.05) is 28.6 Å². The molecule has 1 saturated carbocycles. The minimum Gasteiger partial charge on any atom is -0.349 e. The van der Waals surface area contributed by atoms with Gasteiger partial charge in [-0.3, -0.25) is 14.7 Å². The van der Waals surface area contributed by atoms with Crippen molar-refractivity contribution in [3.05, 3.63) is 71.0 Å². The molecule has 148 valence electrons. The molecule has 3 aromatic rings. The van der Waals surface area contributed by atoms with E-state index in [0.717, 1.165) is 34.9 Å². The second-order valence-corrected chi connectivity index (χ2v) is 7.97. The number of thioether (sulfide) groups is 1. The maximum atomic E-state index is 12.7. The molecule has 29 heavy (non-hydrogen) atoms. The van der Waals surface area contributed by atoms with Crippen molar-refractivity contribution in [2.75, 3.05) is 5.32 Å². The topological polar surface area (TPSA) is 99.8 Å². The van der Waals surface area contributed by atoms with Crippen molar-refractivity contribution in [1.29, 1.82) is 0 Å². The number of anilines is 1. The van der Waals surface area contributed by atoms with Crippen LogP contribution in [0, 0.1) is 6.92 Å². The molecule has 0 spiro atoms. The summed E-state index contributed by atoms with van der Waals surface area (Å²) in [5.74, 6) is 0.424. The number of amides is 2. The van der Waals surface area contributed by atoms with Crippen LogP contribution in [0.1, 0.15) is 44.7 Å². The van der Waals surface area contributed by atoms with Crippen molar-refractivity contribution in [1.82, 2.24) is 20.5 Å². The second kappa shape index (κ2) is 8.48. The number of aromatic nitrogens is 3. The van der Waals surface area contributed by atoms with Crippen LogP contribution in [0.4, 0.5) is 5.69 Å². The molecule has 3 N–H and O–H groups in total. The predicted octanol–water partition coefficient (Wildman–Crippen LogP) is 3.55. The largest absolute Gasteiger partial charge is 0.349 e. The number of H-pyrrole nitrogens is 1. The zero-order valence-electron chi connectivity index (χ0n) is 15.9. The maximum Gasteiger partial charge on any atom is 0.255 e. The first-order valence-corrected chi connectivity index (χ1v) is 10.4. The highest BCUT2D eigenvalue weighted by atomic mass is 32.2. The van der Waals surface area contributed by atoms with E-state index in [0.29, 0.717) is 22.9 Å². The fourth-order valence-electron chi connectivity index (χ4n) is 2.76. The molecule has 1 aromatic heterocycles. The Balaban J connectivity index is 1.39. The summed E-state index contributed by atoms with van der Waals surface area (Å²) in [4.78, 5) is 29.0. The molecule has 0 unspecified atom stereocenters. The summed E-state index contributed by atoms with van der Waals surface area (Å²) in [6.07, 6.45) is 3.55. The normalized spacial score (nSPS) is 13.1. The van der Waals surface area contributed by atoms with Gasteiger partial charge in [-0.05, 0) is 55.2 Å². The number of aryl methyl sites for hydroxylation is 1. The van der Waals surface area contributed by atoms with Crippen molar-refractivity contribution in [3.63, 3.8) is 0 Å². The number of carbonyl (C=O) groups is 2. The summed E-state index contributed by atoms with van der Waals surface area (Å²) in [5.41, 5.74) is 3.74. The van der Waals surface area contributed by atoms with Gasteiger partial charge < -0.3 is 10.6 Å². The fraction of sp³-hybridized carbons (Fsp3) is 0.238. The van der Waals surface area contributed by atoms with E-state index in [1.165, 1.54) is 6.33 Å². The molecule has 1 aliphatic carbocycles. The number of aromatic amines is 1. The van der Waals surface area contributed by atoms with Crippen molar-refractivity contribution < 1.29 is 9.59 Å². The van der Waals surface area contributed by atoms with Crippen molar-refractivity contribution >= 4 is 29.3 Å². The van der Waals surface area contributed by atoms with Crippen molar-refractivity contribution in [2.24, 2.45) is 0 Å². The summed E-state index contributed by atoms with van der Waals surface area (Å²) >= 11 is 1.54. The standard InChI is InChI=1S/C21H21N5O2S/c1-13-2-5-16(20(28)24-17-8-9-17)10-18(13)25-19(27)15-6-3-14(4-7-15)11-29-21-22-12-23-26-21/h2-7,10,12,17H,8-9,11H2,1H3,(H,24,28)(H,25,27)(H,22,23,26). The Kier molecular flexibility index (Phi) is 5.62. The number of hydrogen-bond donors (Lipinski definition) is 3. The van der Waals surface area contributed by atoms with Crippen LogP contribution >= 0.6 is 11.8 Å². The van der Waals surface area contributed by atoms with Crippen LogP contribution in [0.5, 0.6) is 0 Å². The monoisotopic (exact) mass is 407 g/mol. The molecule has 0 radical (unpaired) electrons. The highest BCUT2D eigenvalue weighted by molar-refractivity contribution is 7.98. The Labute approximate surface area is 172 Å². The molecule has 0 aliphatic heterocycles. The lowest BCUT2D eigenvalue weighted by molar-refractivity contribution is 0.0949. The van der Waals surface area contributed by atoms with Gasteiger partial charge in [-0.2, -0.15) is 5.10 Å². The number of benzene rings is 2. The van der Waals surface area contributed by atoms with Crippen LogP contribution in [0.15, 0.2) is 53.9 Å². The lowest BCUT2D eigenvalue weighted by Gasteiger charge is -2.11. The SMILES string of the molecule is Cc1ccc(C(=O)NC2CC2)cc1NC(=O)c1ccc(CSc2ncn[nH]2)cc1. The molecule has 0 saturated heterocycles. The van der Waals surface area contributed by atoms with Gasteiger partial charge in [0.15, 0.2) is 5.16 Å². The van der Waals surface area contributed by atoms with E-state index in [4.69, 9.17) is 0 Å². The predicted molar refractivity (Wildman–Crippen MR) is 112 cm³/mol. The van der Waals surface area contributed by atoms with Crippen LogP contribution in [-0.2, 0) is 5.75 Å². The van der Waals surface area contributed by atoms with Gasteiger partial charge in [0.25, 0.3) is 11.8 Å². The van der Waals surface area contributed by atoms with Gasteiger partial charge >= 0.3 is 0 Å². The van der Waals surface area contributed by atoms with Crippen LogP contribution in [-0.4, -0.2) is 33.0 Å². The Hall–Kier alpha value is -3.13. The molecule has 2 aromatic carbocycles. The zero-order chi connectivity index (χ0) is 20.2. The third-order valence-electron chi connectivity index (χ3n) is 4.65. The molecular formula is C21H21N5O2S. The number of rotatable bonds is 7. The molecule has 2 amide bonds. The van der Waals surface area contributed by atoms with Gasteiger partial charge in [-0.25, -0.2) is 4.98 Å². The van der Waals surface area contributed by atoms with E-state index < -0.39 is 0 Å². The smallest absolute Gasteiger partial charge is 0.255 e. The third-order valence-corrected chi connectivity index (χ3v) is 5.59. The lowest BCUT2D eigenvalue weighted by atomic mass is 10.1. The summed E-state index contributed by atoms with van der Waals surface area (Å²) in [7, 11) is 0. The number of carbonyl (C=O) groups excluding carboxylic acids is 2. The van der Waals surface area contributed by atoms with Crippen molar-refractivity contribution in [2.45, 2.75) is 36.7 Å². The summed E-state index contributed by atoms with van der Waals surface area (Å²) in [6, 6.07) is 13.1. The van der Waals surface area contributed by atoms with Gasteiger partial charge in [0.05, 0.1) is 0 Å². The van der Waals surface area contributed by atoms with Crippen molar-refractivity contribution in [3.8, 4) is 0 Å². The van der Waals surface area contributed by atoms with E-state index in [1.807, 2.05) is 25.1 Å². The molecule has 0 bridgehead atoms. The third kappa shape index (κ3) is 5.03. The van der Waals surface area contributed by atoms with Crippen LogP contribution in [0.3, 0.4) is 0 Å². The van der Waals surface area contributed by atoms with E-state index >= 15 is 0 Å². The van der Waals surface area contributed by atoms with Gasteiger partial charge in [0.2, 0.25) is 0 Å². The van der Waals surface area contributed by atoms with Crippen LogP contribution in [0.2, 0.25) is 0 Å². The summed E-state index contributed by atoms with van der Waals surface area (Å²) in [5, 5.41) is 13.3. The minimum absolute atomic E-state index is 0.100.